The van der Waals surface area contributed by atoms with Crippen molar-refractivity contribution in [2.24, 2.45) is 5.10 Å². The molecule has 7 nitrogen and oxygen atoms in total. The number of nitrogens with one attached hydrogen (secondary N) is 2. The standard InChI is InChI=1S/C16H16N4O3/c1-23-14-6-4-12(5-7-14)9-19-20-15(21)11-18-16(22)13-3-2-8-17-10-13/h2-10H,11H2,1H3,(H,18,22)(H,20,21)/b19-9-. The first-order chi connectivity index (χ1) is 11.2. The quantitative estimate of drug-likeness (QED) is 0.614. The number of hydrogen-bond donors (Lipinski definition) is 2. The molecule has 1 aromatic carbocycles. The van der Waals surface area contributed by atoms with Gasteiger partial charge in [-0.3, -0.25) is 14.6 Å². The summed E-state index contributed by atoms with van der Waals surface area (Å²) in [7, 11) is 1.59. The van der Waals surface area contributed by atoms with E-state index in [2.05, 4.69) is 20.8 Å². The van der Waals surface area contributed by atoms with Crippen LogP contribution in [0.15, 0.2) is 53.9 Å². The normalized spacial score (nSPS) is 10.3. The van der Waals surface area contributed by atoms with E-state index in [0.29, 0.717) is 5.56 Å². The molecule has 0 aliphatic heterocycles. The van der Waals surface area contributed by atoms with Gasteiger partial charge in [0, 0.05) is 12.4 Å². The number of amides is 2. The Morgan fingerprint density at radius 1 is 1.26 bits per heavy atom. The number of benzene rings is 1. The van der Waals surface area contributed by atoms with Crippen molar-refractivity contribution in [1.82, 2.24) is 15.7 Å². The lowest BCUT2D eigenvalue weighted by Gasteiger charge is -2.03. The number of carbonyl (C=O) groups is 2. The predicted molar refractivity (Wildman–Crippen MR) is 85.3 cm³/mol. The molecule has 1 aromatic heterocycles. The maximum atomic E-state index is 11.7. The lowest BCUT2D eigenvalue weighted by molar-refractivity contribution is -0.120. The summed E-state index contributed by atoms with van der Waals surface area (Å²) >= 11 is 0. The highest BCUT2D eigenvalue weighted by Gasteiger charge is 2.06. The third-order valence-electron chi connectivity index (χ3n) is 2.85. The number of ether oxygens (including phenoxy) is 1. The van der Waals surface area contributed by atoms with E-state index in [4.69, 9.17) is 4.74 Å². The van der Waals surface area contributed by atoms with Crippen molar-refractivity contribution < 1.29 is 14.3 Å². The van der Waals surface area contributed by atoms with E-state index in [1.807, 2.05) is 0 Å². The van der Waals surface area contributed by atoms with Crippen LogP contribution >= 0.6 is 0 Å². The molecular weight excluding hydrogens is 296 g/mol. The van der Waals surface area contributed by atoms with Crippen LogP contribution in [0.25, 0.3) is 0 Å². The summed E-state index contributed by atoms with van der Waals surface area (Å²) in [5.74, 6) is -0.0521. The van der Waals surface area contributed by atoms with Gasteiger partial charge in [-0.15, -0.1) is 0 Å². The van der Waals surface area contributed by atoms with Crippen LogP contribution in [-0.2, 0) is 4.79 Å². The van der Waals surface area contributed by atoms with E-state index in [1.54, 1.807) is 49.7 Å². The number of aromatic nitrogens is 1. The number of hydrazone groups is 1. The Morgan fingerprint density at radius 3 is 2.70 bits per heavy atom. The highest BCUT2D eigenvalue weighted by atomic mass is 16.5. The Hall–Kier alpha value is -3.22. The first-order valence-corrected chi connectivity index (χ1v) is 6.83. The second-order valence-corrected chi connectivity index (χ2v) is 4.49. The van der Waals surface area contributed by atoms with Crippen LogP contribution in [0, 0.1) is 0 Å². The van der Waals surface area contributed by atoms with Gasteiger partial charge in [-0.05, 0) is 42.0 Å². The van der Waals surface area contributed by atoms with E-state index in [-0.39, 0.29) is 12.5 Å². The van der Waals surface area contributed by atoms with Crippen molar-refractivity contribution in [3.8, 4) is 5.75 Å². The third kappa shape index (κ3) is 5.24. The average Bonchev–Trinajstić information content (AvgIpc) is 2.61. The predicted octanol–water partition coefficient (Wildman–Crippen LogP) is 0.970. The van der Waals surface area contributed by atoms with Crippen molar-refractivity contribution in [3.63, 3.8) is 0 Å². The van der Waals surface area contributed by atoms with E-state index in [1.165, 1.54) is 12.4 Å². The van der Waals surface area contributed by atoms with Gasteiger partial charge in [0.2, 0.25) is 0 Å². The molecule has 0 unspecified atom stereocenters. The Balaban J connectivity index is 1.76. The largest absolute Gasteiger partial charge is 0.497 e. The van der Waals surface area contributed by atoms with Gasteiger partial charge in [0.25, 0.3) is 11.8 Å². The lowest BCUT2D eigenvalue weighted by atomic mass is 10.2. The Bertz CT molecular complexity index is 684. The first kappa shape index (κ1) is 16.2. The van der Waals surface area contributed by atoms with Gasteiger partial charge in [0.05, 0.1) is 25.4 Å². The number of hydrogen-bond acceptors (Lipinski definition) is 5. The molecule has 118 valence electrons. The fraction of sp³-hybridized carbons (Fsp3) is 0.125. The molecule has 0 bridgehead atoms. The summed E-state index contributed by atoms with van der Waals surface area (Å²) in [6.45, 7) is -0.173. The molecule has 0 radical (unpaired) electrons. The highest BCUT2D eigenvalue weighted by molar-refractivity contribution is 5.96. The minimum Gasteiger partial charge on any atom is -0.497 e. The van der Waals surface area contributed by atoms with Crippen LogP contribution < -0.4 is 15.5 Å². The average molecular weight is 312 g/mol. The van der Waals surface area contributed by atoms with Gasteiger partial charge < -0.3 is 10.1 Å². The van der Waals surface area contributed by atoms with Gasteiger partial charge in [0.1, 0.15) is 5.75 Å². The monoisotopic (exact) mass is 312 g/mol. The topological polar surface area (TPSA) is 92.7 Å². The summed E-state index contributed by atoms with van der Waals surface area (Å²) in [6.07, 6.45) is 4.49. The summed E-state index contributed by atoms with van der Waals surface area (Å²) in [5.41, 5.74) is 3.54. The number of pyridine rings is 1. The summed E-state index contributed by atoms with van der Waals surface area (Å²) in [4.78, 5) is 27.2. The zero-order chi connectivity index (χ0) is 16.5. The zero-order valence-corrected chi connectivity index (χ0v) is 12.5. The van der Waals surface area contributed by atoms with Crippen molar-refractivity contribution in [3.05, 3.63) is 59.9 Å². The molecule has 0 atom stereocenters. The van der Waals surface area contributed by atoms with E-state index in [0.717, 1.165) is 11.3 Å². The molecule has 0 aliphatic rings. The summed E-state index contributed by atoms with van der Waals surface area (Å²) < 4.78 is 5.04. The SMILES string of the molecule is COc1ccc(/C=N\NC(=O)CNC(=O)c2cccnc2)cc1. The lowest BCUT2D eigenvalue weighted by Crippen LogP contribution is -2.34. The Labute approximate surface area is 133 Å². The second-order valence-electron chi connectivity index (χ2n) is 4.49. The maximum absolute atomic E-state index is 11.7. The molecule has 0 saturated carbocycles. The van der Waals surface area contributed by atoms with Crippen LogP contribution in [0.5, 0.6) is 5.75 Å². The molecule has 0 aliphatic carbocycles. The van der Waals surface area contributed by atoms with Crippen molar-refractivity contribution >= 4 is 18.0 Å². The number of nitrogens with zero attached hydrogens (tertiary/aromatic N) is 2. The summed E-state index contributed by atoms with van der Waals surface area (Å²) in [6, 6.07) is 10.4. The minimum absolute atomic E-state index is 0.173. The molecule has 2 amide bonds. The minimum atomic E-state index is -0.424. The van der Waals surface area contributed by atoms with E-state index < -0.39 is 5.91 Å². The second kappa shape index (κ2) is 8.28. The number of carbonyl (C=O) groups excluding carboxylic acids is 2. The van der Waals surface area contributed by atoms with E-state index in [9.17, 15) is 9.59 Å². The molecule has 23 heavy (non-hydrogen) atoms. The molecule has 0 saturated heterocycles. The van der Waals surface area contributed by atoms with Crippen LogP contribution in [0.4, 0.5) is 0 Å². The Kier molecular flexibility index (Phi) is 5.81. The summed E-state index contributed by atoms with van der Waals surface area (Å²) in [5, 5.41) is 6.30. The Morgan fingerprint density at radius 2 is 2.04 bits per heavy atom. The fourth-order valence-corrected chi connectivity index (χ4v) is 1.67. The van der Waals surface area contributed by atoms with Gasteiger partial charge in [-0.1, -0.05) is 0 Å². The van der Waals surface area contributed by atoms with Gasteiger partial charge in [0.15, 0.2) is 0 Å². The third-order valence-corrected chi connectivity index (χ3v) is 2.85. The van der Waals surface area contributed by atoms with Crippen molar-refractivity contribution in [2.75, 3.05) is 13.7 Å². The van der Waals surface area contributed by atoms with Crippen LogP contribution in [0.1, 0.15) is 15.9 Å². The smallest absolute Gasteiger partial charge is 0.259 e. The first-order valence-electron chi connectivity index (χ1n) is 6.83. The maximum Gasteiger partial charge on any atom is 0.259 e. The fourth-order valence-electron chi connectivity index (χ4n) is 1.67. The van der Waals surface area contributed by atoms with Gasteiger partial charge >= 0.3 is 0 Å². The molecule has 2 rings (SSSR count). The van der Waals surface area contributed by atoms with Crippen LogP contribution in [-0.4, -0.2) is 36.7 Å². The number of methoxy groups -OCH3 is 1. The molecule has 7 heteroatoms. The van der Waals surface area contributed by atoms with Gasteiger partial charge in [-0.2, -0.15) is 5.10 Å². The molecular formula is C16H16N4O3. The molecule has 0 fully saturated rings. The molecule has 0 spiro atoms. The zero-order valence-electron chi connectivity index (χ0n) is 12.5. The van der Waals surface area contributed by atoms with Crippen LogP contribution in [0.3, 0.4) is 0 Å². The molecule has 2 aromatic rings. The van der Waals surface area contributed by atoms with Gasteiger partial charge in [-0.25, -0.2) is 5.43 Å². The van der Waals surface area contributed by atoms with Crippen LogP contribution in [0.2, 0.25) is 0 Å². The molecule has 2 N–H and O–H groups in total. The van der Waals surface area contributed by atoms with E-state index >= 15 is 0 Å². The highest BCUT2D eigenvalue weighted by Crippen LogP contribution is 2.09. The molecule has 1 heterocycles. The van der Waals surface area contributed by atoms with Crippen molar-refractivity contribution in [1.29, 1.82) is 0 Å². The number of rotatable bonds is 6. The van der Waals surface area contributed by atoms with Crippen molar-refractivity contribution in [2.45, 2.75) is 0 Å².